The number of rotatable bonds is 7. The number of nitrogens with zero attached hydrogens (tertiary/aromatic N) is 2. The van der Waals surface area contributed by atoms with Crippen LogP contribution >= 0.6 is 22.9 Å². The number of ether oxygens (including phenoxy) is 1. The Bertz CT molecular complexity index is 766. The van der Waals surface area contributed by atoms with Gasteiger partial charge in [0.05, 0.1) is 25.3 Å². The van der Waals surface area contributed by atoms with Gasteiger partial charge in [-0.1, -0.05) is 23.7 Å². The smallest absolute Gasteiger partial charge is 0.188 e. The molecule has 1 saturated heterocycles. The molecular formula is C20H26ClFN4OS. The number of benzene rings is 1. The molecule has 2 unspecified atom stereocenters. The molecule has 2 aromatic rings. The summed E-state index contributed by atoms with van der Waals surface area (Å²) >= 11 is 8.06. The molecule has 1 aliphatic rings. The van der Waals surface area contributed by atoms with Gasteiger partial charge >= 0.3 is 0 Å². The Kier molecular flexibility index (Phi) is 7.67. The molecule has 3 N–H and O–H groups in total. The van der Waals surface area contributed by atoms with E-state index >= 15 is 0 Å². The number of thiophene rings is 1. The summed E-state index contributed by atoms with van der Waals surface area (Å²) in [6, 6.07) is 8.59. The zero-order valence-corrected chi connectivity index (χ0v) is 17.5. The Morgan fingerprint density at radius 3 is 3.04 bits per heavy atom. The SMILES string of the molecule is CC1CN(C(CN=C(N)NCCc2cccs2)c2c(F)cccc2Cl)CCO1. The standard InChI is InChI=1S/C20H26ClFN4OS/c1-14-13-26(9-10-27-14)18(19-16(21)5-2-6-17(19)22)12-25-20(23)24-8-7-15-4-3-11-28-15/h2-6,11,14,18H,7-10,12-13H2,1H3,(H3,23,24,25). The van der Waals surface area contributed by atoms with Crippen molar-refractivity contribution in [3.8, 4) is 0 Å². The van der Waals surface area contributed by atoms with Crippen LogP contribution in [0, 0.1) is 5.82 Å². The van der Waals surface area contributed by atoms with Crippen LogP contribution < -0.4 is 11.1 Å². The van der Waals surface area contributed by atoms with Gasteiger partial charge in [0, 0.05) is 35.1 Å². The van der Waals surface area contributed by atoms with Gasteiger partial charge in [0.1, 0.15) is 5.82 Å². The Morgan fingerprint density at radius 1 is 1.46 bits per heavy atom. The minimum Gasteiger partial charge on any atom is -0.376 e. The van der Waals surface area contributed by atoms with Crippen molar-refractivity contribution < 1.29 is 9.13 Å². The lowest BCUT2D eigenvalue weighted by Crippen LogP contribution is -2.44. The van der Waals surface area contributed by atoms with Crippen LogP contribution in [0.5, 0.6) is 0 Å². The Hall–Kier alpha value is -1.67. The molecule has 1 aliphatic heterocycles. The van der Waals surface area contributed by atoms with Crippen LogP contribution in [0.4, 0.5) is 4.39 Å². The van der Waals surface area contributed by atoms with Crippen molar-refractivity contribution in [2.24, 2.45) is 10.7 Å². The van der Waals surface area contributed by atoms with Crippen LogP contribution in [-0.2, 0) is 11.2 Å². The molecule has 0 saturated carbocycles. The third kappa shape index (κ3) is 5.67. The third-order valence-electron chi connectivity index (χ3n) is 4.74. The molecule has 8 heteroatoms. The molecule has 1 aromatic heterocycles. The maximum Gasteiger partial charge on any atom is 0.188 e. The van der Waals surface area contributed by atoms with E-state index in [-0.39, 0.29) is 18.0 Å². The van der Waals surface area contributed by atoms with Crippen molar-refractivity contribution in [2.45, 2.75) is 25.5 Å². The summed E-state index contributed by atoms with van der Waals surface area (Å²) in [4.78, 5) is 7.94. The van der Waals surface area contributed by atoms with Gasteiger partial charge in [-0.15, -0.1) is 11.3 Å². The van der Waals surface area contributed by atoms with E-state index in [0.29, 0.717) is 49.3 Å². The second-order valence-electron chi connectivity index (χ2n) is 6.81. The fraction of sp³-hybridized carbons (Fsp3) is 0.450. The van der Waals surface area contributed by atoms with Crippen molar-refractivity contribution in [3.05, 3.63) is 57.0 Å². The van der Waals surface area contributed by atoms with Crippen molar-refractivity contribution >= 4 is 28.9 Å². The van der Waals surface area contributed by atoms with Crippen LogP contribution in [0.15, 0.2) is 40.7 Å². The highest BCUT2D eigenvalue weighted by Crippen LogP contribution is 2.31. The van der Waals surface area contributed by atoms with E-state index in [4.69, 9.17) is 22.1 Å². The highest BCUT2D eigenvalue weighted by atomic mass is 35.5. The zero-order chi connectivity index (χ0) is 19.9. The lowest BCUT2D eigenvalue weighted by atomic mass is 10.0. The highest BCUT2D eigenvalue weighted by molar-refractivity contribution is 7.09. The van der Waals surface area contributed by atoms with Gasteiger partial charge in [0.25, 0.3) is 0 Å². The minimum atomic E-state index is -0.323. The lowest BCUT2D eigenvalue weighted by Gasteiger charge is -2.37. The molecule has 2 atom stereocenters. The number of halogens is 2. The fourth-order valence-electron chi connectivity index (χ4n) is 3.36. The molecule has 1 fully saturated rings. The summed E-state index contributed by atoms with van der Waals surface area (Å²) in [6.45, 7) is 5.02. The molecule has 0 bridgehead atoms. The maximum absolute atomic E-state index is 14.6. The van der Waals surface area contributed by atoms with Crippen LogP contribution in [0.25, 0.3) is 0 Å². The van der Waals surface area contributed by atoms with Gasteiger partial charge in [-0.05, 0) is 36.9 Å². The third-order valence-corrected chi connectivity index (χ3v) is 6.00. The Labute approximate surface area is 174 Å². The van der Waals surface area contributed by atoms with Gasteiger partial charge in [0.2, 0.25) is 0 Å². The monoisotopic (exact) mass is 424 g/mol. The predicted molar refractivity (Wildman–Crippen MR) is 114 cm³/mol. The lowest BCUT2D eigenvalue weighted by molar-refractivity contribution is -0.0336. The van der Waals surface area contributed by atoms with Crippen LogP contribution in [0.2, 0.25) is 5.02 Å². The molecule has 0 radical (unpaired) electrons. The second kappa shape index (κ2) is 10.2. The van der Waals surface area contributed by atoms with Crippen LogP contribution in [0.1, 0.15) is 23.4 Å². The summed E-state index contributed by atoms with van der Waals surface area (Å²) in [5, 5.41) is 5.59. The van der Waals surface area contributed by atoms with Gasteiger partial charge in [-0.2, -0.15) is 0 Å². The zero-order valence-electron chi connectivity index (χ0n) is 15.9. The second-order valence-corrected chi connectivity index (χ2v) is 8.25. The average Bonchev–Trinajstić information content (AvgIpc) is 3.17. The van der Waals surface area contributed by atoms with E-state index in [9.17, 15) is 4.39 Å². The molecule has 2 heterocycles. The van der Waals surface area contributed by atoms with E-state index in [1.54, 1.807) is 23.5 Å². The van der Waals surface area contributed by atoms with Gasteiger partial charge < -0.3 is 15.8 Å². The normalized spacial score (nSPS) is 19.5. The van der Waals surface area contributed by atoms with E-state index in [1.165, 1.54) is 10.9 Å². The molecule has 3 rings (SSSR count). The molecule has 0 aliphatic carbocycles. The molecule has 152 valence electrons. The molecule has 0 amide bonds. The van der Waals surface area contributed by atoms with Gasteiger partial charge in [-0.3, -0.25) is 9.89 Å². The van der Waals surface area contributed by atoms with E-state index in [2.05, 4.69) is 26.7 Å². The quantitative estimate of drug-likeness (QED) is 0.528. The van der Waals surface area contributed by atoms with Crippen LogP contribution in [-0.4, -0.2) is 49.7 Å². The largest absolute Gasteiger partial charge is 0.376 e. The van der Waals surface area contributed by atoms with E-state index < -0.39 is 0 Å². The molecular weight excluding hydrogens is 399 g/mol. The number of aliphatic imine (C=N–C) groups is 1. The minimum absolute atomic E-state index is 0.0760. The highest BCUT2D eigenvalue weighted by Gasteiger charge is 2.29. The number of guanidine groups is 1. The van der Waals surface area contributed by atoms with E-state index in [0.717, 1.165) is 6.42 Å². The average molecular weight is 425 g/mol. The molecule has 1 aromatic carbocycles. The first kappa shape index (κ1) is 21.0. The summed E-state index contributed by atoms with van der Waals surface area (Å²) in [5.74, 6) is 0.0337. The summed E-state index contributed by atoms with van der Waals surface area (Å²) in [5.41, 5.74) is 6.51. The molecule has 0 spiro atoms. The summed E-state index contributed by atoms with van der Waals surface area (Å²) in [7, 11) is 0. The number of nitrogens with two attached hydrogens (primary N) is 1. The van der Waals surface area contributed by atoms with Crippen molar-refractivity contribution in [1.29, 1.82) is 0 Å². The first-order valence-electron chi connectivity index (χ1n) is 9.40. The number of hydrogen-bond acceptors (Lipinski definition) is 4. The van der Waals surface area contributed by atoms with Crippen molar-refractivity contribution in [3.63, 3.8) is 0 Å². The first-order chi connectivity index (χ1) is 13.5. The van der Waals surface area contributed by atoms with Gasteiger partial charge in [0.15, 0.2) is 5.96 Å². The topological polar surface area (TPSA) is 62.9 Å². The summed E-state index contributed by atoms with van der Waals surface area (Å²) < 4.78 is 20.2. The number of morpholine rings is 1. The number of nitrogens with one attached hydrogen (secondary N) is 1. The summed E-state index contributed by atoms with van der Waals surface area (Å²) in [6.07, 6.45) is 0.962. The van der Waals surface area contributed by atoms with E-state index in [1.807, 2.05) is 13.0 Å². The van der Waals surface area contributed by atoms with Gasteiger partial charge in [-0.25, -0.2) is 4.39 Å². The Morgan fingerprint density at radius 2 is 2.32 bits per heavy atom. The number of hydrogen-bond donors (Lipinski definition) is 2. The predicted octanol–water partition coefficient (Wildman–Crippen LogP) is 3.45. The fourth-order valence-corrected chi connectivity index (χ4v) is 4.35. The van der Waals surface area contributed by atoms with Crippen molar-refractivity contribution in [2.75, 3.05) is 32.8 Å². The maximum atomic E-state index is 14.6. The molecule has 28 heavy (non-hydrogen) atoms. The first-order valence-corrected chi connectivity index (χ1v) is 10.7. The molecule has 5 nitrogen and oxygen atoms in total. The Balaban J connectivity index is 1.69. The van der Waals surface area contributed by atoms with Crippen molar-refractivity contribution in [1.82, 2.24) is 10.2 Å². The van der Waals surface area contributed by atoms with Crippen LogP contribution in [0.3, 0.4) is 0 Å².